The van der Waals surface area contributed by atoms with Gasteiger partial charge in [-0.3, -0.25) is 4.79 Å². The summed E-state index contributed by atoms with van der Waals surface area (Å²) in [5, 5.41) is 3.79. The highest BCUT2D eigenvalue weighted by molar-refractivity contribution is 7.22. The standard InChI is InChI=1S/C25H30N3O3P/c1-17(32)14-21(18(2)30-3)22-15-23(27-16-26-22)28-24(29)25(12-6-5-7-13-25)19-8-10-20(31-4)11-9-19/h8-11,14-16H,1-2,5-7,12-13,32H2,3-4H3,(H,26,27,28,29)/b21-14+. The Morgan fingerprint density at radius 2 is 1.81 bits per heavy atom. The first-order chi connectivity index (χ1) is 15.4. The molecule has 32 heavy (non-hydrogen) atoms. The molecule has 7 heteroatoms. The van der Waals surface area contributed by atoms with Crippen LogP contribution >= 0.6 is 9.24 Å². The zero-order valence-corrected chi connectivity index (χ0v) is 19.8. The van der Waals surface area contributed by atoms with Crippen molar-refractivity contribution in [3.05, 3.63) is 78.2 Å². The van der Waals surface area contributed by atoms with Gasteiger partial charge in [-0.25, -0.2) is 9.97 Å². The molecule has 1 aromatic carbocycles. The first kappa shape index (κ1) is 23.7. The molecule has 1 unspecified atom stereocenters. The van der Waals surface area contributed by atoms with Gasteiger partial charge >= 0.3 is 0 Å². The quantitative estimate of drug-likeness (QED) is 0.337. The highest BCUT2D eigenvalue weighted by Crippen LogP contribution is 2.41. The van der Waals surface area contributed by atoms with E-state index in [4.69, 9.17) is 9.47 Å². The summed E-state index contributed by atoms with van der Waals surface area (Å²) in [6.45, 7) is 7.82. The van der Waals surface area contributed by atoms with Crippen molar-refractivity contribution in [1.29, 1.82) is 0 Å². The van der Waals surface area contributed by atoms with E-state index in [-0.39, 0.29) is 5.91 Å². The molecule has 1 fully saturated rings. The fourth-order valence-corrected chi connectivity index (χ4v) is 4.28. The molecule has 1 amide bonds. The van der Waals surface area contributed by atoms with Gasteiger partial charge in [-0.15, -0.1) is 9.24 Å². The average Bonchev–Trinajstić information content (AvgIpc) is 2.82. The van der Waals surface area contributed by atoms with Crippen LogP contribution in [-0.4, -0.2) is 30.1 Å². The van der Waals surface area contributed by atoms with E-state index in [0.29, 0.717) is 22.8 Å². The zero-order valence-electron chi connectivity index (χ0n) is 18.7. The maximum atomic E-state index is 13.6. The smallest absolute Gasteiger partial charge is 0.236 e. The lowest BCUT2D eigenvalue weighted by Gasteiger charge is -2.36. The van der Waals surface area contributed by atoms with Crippen molar-refractivity contribution >= 4 is 26.5 Å². The number of carbonyl (C=O) groups excluding carboxylic acids is 1. The molecular formula is C25H30N3O3P. The first-order valence-electron chi connectivity index (χ1n) is 10.6. The molecule has 1 heterocycles. The predicted octanol–water partition coefficient (Wildman–Crippen LogP) is 5.26. The third-order valence-electron chi connectivity index (χ3n) is 5.85. The number of anilines is 1. The monoisotopic (exact) mass is 451 g/mol. The fourth-order valence-electron chi connectivity index (χ4n) is 4.11. The number of amides is 1. The average molecular weight is 452 g/mol. The molecule has 168 valence electrons. The van der Waals surface area contributed by atoms with Gasteiger partial charge in [-0.1, -0.05) is 44.6 Å². The Bertz CT molecular complexity index is 1020. The lowest BCUT2D eigenvalue weighted by molar-refractivity contribution is -0.122. The summed E-state index contributed by atoms with van der Waals surface area (Å²) >= 11 is 0. The van der Waals surface area contributed by atoms with Gasteiger partial charge in [0.05, 0.1) is 25.3 Å². The molecule has 6 nitrogen and oxygen atoms in total. The molecule has 0 bridgehead atoms. The molecule has 1 atom stereocenters. The number of aromatic nitrogens is 2. The van der Waals surface area contributed by atoms with Crippen LogP contribution < -0.4 is 10.1 Å². The summed E-state index contributed by atoms with van der Waals surface area (Å²) < 4.78 is 10.6. The number of carbonyl (C=O) groups is 1. The first-order valence-corrected chi connectivity index (χ1v) is 11.1. The van der Waals surface area contributed by atoms with Gasteiger partial charge in [0.15, 0.2) is 0 Å². The molecule has 3 rings (SSSR count). The van der Waals surface area contributed by atoms with Crippen LogP contribution in [0.15, 0.2) is 67.0 Å². The Hall–Kier alpha value is -2.98. The van der Waals surface area contributed by atoms with Gasteiger partial charge in [0.1, 0.15) is 23.7 Å². The van der Waals surface area contributed by atoms with E-state index in [1.54, 1.807) is 20.3 Å². The number of rotatable bonds is 8. The van der Waals surface area contributed by atoms with Crippen LogP contribution in [-0.2, 0) is 14.9 Å². The lowest BCUT2D eigenvalue weighted by atomic mass is 9.68. The maximum absolute atomic E-state index is 13.6. The van der Waals surface area contributed by atoms with Crippen molar-refractivity contribution < 1.29 is 14.3 Å². The number of ether oxygens (including phenoxy) is 2. The molecule has 0 radical (unpaired) electrons. The Labute approximate surface area is 192 Å². The normalized spacial score (nSPS) is 15.5. The van der Waals surface area contributed by atoms with Gasteiger partial charge in [0.25, 0.3) is 0 Å². The van der Waals surface area contributed by atoms with E-state index in [9.17, 15) is 4.79 Å². The minimum absolute atomic E-state index is 0.0569. The highest BCUT2D eigenvalue weighted by Gasteiger charge is 2.41. The highest BCUT2D eigenvalue weighted by atomic mass is 31.0. The van der Waals surface area contributed by atoms with E-state index in [2.05, 4.69) is 37.7 Å². The third kappa shape index (κ3) is 5.25. The number of allylic oxidation sites excluding steroid dienone is 3. The molecule has 1 saturated carbocycles. The number of nitrogens with zero attached hydrogens (tertiary/aromatic N) is 2. The minimum atomic E-state index is -0.598. The molecule has 2 aromatic rings. The Morgan fingerprint density at radius 1 is 1.12 bits per heavy atom. The molecule has 1 N–H and O–H groups in total. The van der Waals surface area contributed by atoms with Crippen LogP contribution in [0, 0.1) is 0 Å². The van der Waals surface area contributed by atoms with Crippen molar-refractivity contribution in [1.82, 2.24) is 9.97 Å². The SMILES string of the molecule is C=C(P)/C=C(\C(=C)OC)c1cc(NC(=O)C2(c3ccc(OC)cc3)CCCCC2)ncn1. The van der Waals surface area contributed by atoms with E-state index in [1.165, 1.54) is 6.33 Å². The van der Waals surface area contributed by atoms with E-state index >= 15 is 0 Å². The second kappa shape index (κ2) is 10.6. The number of benzene rings is 1. The van der Waals surface area contributed by atoms with Crippen molar-refractivity contribution in [2.75, 3.05) is 19.5 Å². The van der Waals surface area contributed by atoms with Gasteiger partial charge in [0.2, 0.25) is 5.91 Å². The van der Waals surface area contributed by atoms with E-state index in [0.717, 1.165) is 48.7 Å². The molecule has 1 aliphatic rings. The van der Waals surface area contributed by atoms with Gasteiger partial charge in [-0.05, 0) is 41.9 Å². The fraction of sp³-hybridized carbons (Fsp3) is 0.320. The summed E-state index contributed by atoms with van der Waals surface area (Å²) in [7, 11) is 5.71. The molecule has 1 aliphatic carbocycles. The van der Waals surface area contributed by atoms with Crippen LogP contribution in [0.2, 0.25) is 0 Å². The second-order valence-corrected chi connectivity index (χ2v) is 8.62. The van der Waals surface area contributed by atoms with E-state index < -0.39 is 5.41 Å². The van der Waals surface area contributed by atoms with Crippen molar-refractivity contribution in [3.63, 3.8) is 0 Å². The number of nitrogens with one attached hydrogen (secondary N) is 1. The predicted molar refractivity (Wildman–Crippen MR) is 131 cm³/mol. The van der Waals surface area contributed by atoms with Gasteiger partial charge in [-0.2, -0.15) is 0 Å². The van der Waals surface area contributed by atoms with E-state index in [1.807, 2.05) is 30.3 Å². The minimum Gasteiger partial charge on any atom is -0.497 e. The zero-order chi connectivity index (χ0) is 23.1. The molecular weight excluding hydrogens is 421 g/mol. The van der Waals surface area contributed by atoms with Crippen molar-refractivity contribution in [2.24, 2.45) is 0 Å². The van der Waals surface area contributed by atoms with Gasteiger partial charge < -0.3 is 14.8 Å². The van der Waals surface area contributed by atoms with Gasteiger partial charge in [0, 0.05) is 11.6 Å². The van der Waals surface area contributed by atoms with Crippen LogP contribution in [0.4, 0.5) is 5.82 Å². The van der Waals surface area contributed by atoms with Crippen molar-refractivity contribution in [2.45, 2.75) is 37.5 Å². The summed E-state index contributed by atoms with van der Waals surface area (Å²) in [6.07, 6.45) is 7.97. The largest absolute Gasteiger partial charge is 0.497 e. The molecule has 1 aromatic heterocycles. The van der Waals surface area contributed by atoms with Crippen molar-refractivity contribution in [3.8, 4) is 5.75 Å². The number of methoxy groups -OCH3 is 2. The summed E-state index contributed by atoms with van der Waals surface area (Å²) in [6, 6.07) is 9.52. The molecule has 0 spiro atoms. The maximum Gasteiger partial charge on any atom is 0.236 e. The van der Waals surface area contributed by atoms with Crippen LogP contribution in [0.1, 0.15) is 43.4 Å². The number of hydrogen-bond acceptors (Lipinski definition) is 5. The van der Waals surface area contributed by atoms with Crippen LogP contribution in [0.25, 0.3) is 5.57 Å². The number of hydrogen-bond donors (Lipinski definition) is 1. The summed E-state index contributed by atoms with van der Waals surface area (Å²) in [5.41, 5.74) is 1.66. The summed E-state index contributed by atoms with van der Waals surface area (Å²) in [5.74, 6) is 1.60. The second-order valence-electron chi connectivity index (χ2n) is 7.87. The van der Waals surface area contributed by atoms with Crippen LogP contribution in [0.3, 0.4) is 0 Å². The topological polar surface area (TPSA) is 73.3 Å². The molecule has 0 aliphatic heterocycles. The Balaban J connectivity index is 1.92. The summed E-state index contributed by atoms with van der Waals surface area (Å²) in [4.78, 5) is 22.2. The Kier molecular flexibility index (Phi) is 7.81. The lowest BCUT2D eigenvalue weighted by Crippen LogP contribution is -2.42. The Morgan fingerprint density at radius 3 is 2.41 bits per heavy atom. The third-order valence-corrected chi connectivity index (χ3v) is 6.01. The molecule has 0 saturated heterocycles. The van der Waals surface area contributed by atoms with Crippen LogP contribution in [0.5, 0.6) is 5.75 Å².